The van der Waals surface area contributed by atoms with Crippen molar-refractivity contribution in [1.29, 1.82) is 0 Å². The maximum Gasteiger partial charge on any atom is 0.360 e. The second kappa shape index (κ2) is 20.5. The van der Waals surface area contributed by atoms with Crippen molar-refractivity contribution >= 4 is 51.5 Å². The van der Waals surface area contributed by atoms with E-state index < -0.39 is 53.9 Å². The quantitative estimate of drug-likeness (QED) is 0.109. The smallest absolute Gasteiger partial charge is 0.360 e. The summed E-state index contributed by atoms with van der Waals surface area (Å²) >= 11 is 0. The van der Waals surface area contributed by atoms with E-state index in [-0.39, 0.29) is 35.2 Å². The number of fused-ring (bicyclic) bond motifs is 2. The van der Waals surface area contributed by atoms with Crippen LogP contribution in [0.5, 0.6) is 0 Å². The van der Waals surface area contributed by atoms with E-state index >= 15 is 0 Å². The number of nitrogens with zero attached hydrogens (tertiary/aromatic N) is 7. The summed E-state index contributed by atoms with van der Waals surface area (Å²) < 4.78 is 44.5. The van der Waals surface area contributed by atoms with E-state index in [9.17, 15) is 37.9 Å². The summed E-state index contributed by atoms with van der Waals surface area (Å²) in [7, 11) is 2.40. The van der Waals surface area contributed by atoms with Gasteiger partial charge in [0.2, 0.25) is 11.8 Å². The van der Waals surface area contributed by atoms with E-state index in [1.54, 1.807) is 55.2 Å². The van der Waals surface area contributed by atoms with Gasteiger partial charge in [-0.1, -0.05) is 13.8 Å². The number of ether oxygens (including phenoxy) is 2. The van der Waals surface area contributed by atoms with Crippen LogP contribution in [0.4, 0.5) is 8.78 Å². The number of aliphatic hydroxyl groups is 1. The Morgan fingerprint density at radius 2 is 1.23 bits per heavy atom. The van der Waals surface area contributed by atoms with E-state index in [1.165, 1.54) is 67.8 Å². The fourth-order valence-corrected chi connectivity index (χ4v) is 6.59. The third-order valence-corrected chi connectivity index (χ3v) is 10.1. The third kappa shape index (κ3) is 10.3. The Labute approximate surface area is 369 Å². The molecule has 5 heterocycles. The van der Waals surface area contributed by atoms with Gasteiger partial charge in [0.05, 0.1) is 78.6 Å². The number of benzene rings is 2. The standard InChI is InChI=1S/C22H24FN5O5.C22H20FN5O4/c1-4-17(21(31)27-19(12(2)29)22(32)33-3)26-20(30)16-9-24-11-18-15(16)10-25-28(18)14-7-5-13(23)6-8-14;1-4-17(21-27-19(12(2)32-21)22(30)31-3)26-20(29)16-9-24-11-18-15(16)10-25-28(18)14-7-5-13(23)6-8-14/h5-12,17,19,29H,4H2,1-3H3,(H,26,30)(H,27,31);5-11,17H,4H2,1-3H3,(H,26,29)/t12-,17?,19+;/m1./s1. The minimum Gasteiger partial charge on any atom is -0.467 e. The van der Waals surface area contributed by atoms with Gasteiger partial charge in [0.15, 0.2) is 11.7 Å². The van der Waals surface area contributed by atoms with Crippen LogP contribution in [0.25, 0.3) is 33.2 Å². The number of amides is 3. The van der Waals surface area contributed by atoms with Gasteiger partial charge in [-0.3, -0.25) is 24.4 Å². The first kappa shape index (κ1) is 46.6. The molecule has 0 aliphatic carbocycles. The van der Waals surface area contributed by atoms with Crippen molar-refractivity contribution in [2.45, 2.75) is 64.8 Å². The van der Waals surface area contributed by atoms with Crippen LogP contribution in [0.3, 0.4) is 0 Å². The van der Waals surface area contributed by atoms with E-state index in [0.29, 0.717) is 50.9 Å². The molecule has 65 heavy (non-hydrogen) atoms. The Bertz CT molecular complexity index is 2840. The summed E-state index contributed by atoms with van der Waals surface area (Å²) in [4.78, 5) is 74.8. The van der Waals surface area contributed by atoms with Crippen LogP contribution in [0, 0.1) is 18.6 Å². The molecule has 21 heteroatoms. The number of aryl methyl sites for hydroxylation is 1. The number of carbonyl (C=O) groups is 5. The van der Waals surface area contributed by atoms with Gasteiger partial charge in [-0.15, -0.1) is 0 Å². The highest BCUT2D eigenvalue weighted by Crippen LogP contribution is 2.25. The molecule has 7 aromatic rings. The molecule has 7 rings (SSSR count). The molecule has 19 nitrogen and oxygen atoms in total. The Kier molecular flexibility index (Phi) is 14.7. The van der Waals surface area contributed by atoms with Crippen molar-refractivity contribution in [2.24, 2.45) is 0 Å². The first-order valence-corrected chi connectivity index (χ1v) is 20.1. The van der Waals surface area contributed by atoms with Crippen molar-refractivity contribution in [3.05, 3.63) is 126 Å². The highest BCUT2D eigenvalue weighted by molar-refractivity contribution is 6.07. The van der Waals surface area contributed by atoms with Gasteiger partial charge in [-0.25, -0.2) is 32.7 Å². The molecule has 3 amide bonds. The normalized spacial score (nSPS) is 12.9. The maximum atomic E-state index is 13.3. The summed E-state index contributed by atoms with van der Waals surface area (Å²) in [5, 5.41) is 27.3. The molecular weight excluding hydrogens is 851 g/mol. The van der Waals surface area contributed by atoms with Gasteiger partial charge in [-0.05, 0) is 75.2 Å². The number of nitrogens with one attached hydrogen (secondary N) is 3. The van der Waals surface area contributed by atoms with Crippen LogP contribution in [0.2, 0.25) is 0 Å². The lowest BCUT2D eigenvalue weighted by Gasteiger charge is -2.23. The average Bonchev–Trinajstić information content (AvgIpc) is 4.06. The zero-order chi connectivity index (χ0) is 46.9. The Morgan fingerprint density at radius 3 is 1.68 bits per heavy atom. The summed E-state index contributed by atoms with van der Waals surface area (Å²) in [6.45, 7) is 6.48. The molecule has 2 aromatic carbocycles. The van der Waals surface area contributed by atoms with Gasteiger partial charge in [0.25, 0.3) is 11.8 Å². The molecule has 0 radical (unpaired) electrons. The number of pyridine rings is 2. The van der Waals surface area contributed by atoms with Crippen molar-refractivity contribution in [3.8, 4) is 11.4 Å². The van der Waals surface area contributed by atoms with E-state index in [0.717, 1.165) is 7.11 Å². The number of methoxy groups -OCH3 is 2. The van der Waals surface area contributed by atoms with Gasteiger partial charge in [0.1, 0.15) is 29.5 Å². The first-order chi connectivity index (χ1) is 31.2. The molecule has 0 fully saturated rings. The van der Waals surface area contributed by atoms with E-state index in [2.05, 4.69) is 45.8 Å². The third-order valence-electron chi connectivity index (χ3n) is 10.1. The number of hydrogen-bond acceptors (Lipinski definition) is 14. The minimum absolute atomic E-state index is 0.0690. The van der Waals surface area contributed by atoms with Crippen LogP contribution in [-0.4, -0.2) is 102 Å². The monoisotopic (exact) mass is 894 g/mol. The number of hydrogen-bond donors (Lipinski definition) is 4. The van der Waals surface area contributed by atoms with Crippen LogP contribution in [0.1, 0.15) is 82.5 Å². The fourth-order valence-electron chi connectivity index (χ4n) is 6.59. The SMILES string of the molecule is CCC(NC(=O)c1cncc2c1cnn2-c1ccc(F)cc1)C(=O)N[C@H](C(=O)OC)[C@@H](C)O.CCC(NC(=O)c1cncc2c1cnn2-c1ccc(F)cc1)c1nc(C(=O)OC)c(C)o1. The summed E-state index contributed by atoms with van der Waals surface area (Å²) in [5.41, 5.74) is 2.91. The molecule has 338 valence electrons. The van der Waals surface area contributed by atoms with Crippen molar-refractivity contribution in [1.82, 2.24) is 50.5 Å². The van der Waals surface area contributed by atoms with Gasteiger partial charge in [0, 0.05) is 23.2 Å². The molecule has 0 bridgehead atoms. The topological polar surface area (TPSA) is 248 Å². The Hall–Kier alpha value is -7.94. The Balaban J connectivity index is 0.000000215. The maximum absolute atomic E-state index is 13.3. The van der Waals surface area contributed by atoms with Gasteiger partial charge < -0.3 is 34.9 Å². The number of carbonyl (C=O) groups excluding carboxylic acids is 5. The average molecular weight is 895 g/mol. The summed E-state index contributed by atoms with van der Waals surface area (Å²) in [6, 6.07) is 8.71. The Morgan fingerprint density at radius 1 is 0.723 bits per heavy atom. The predicted molar refractivity (Wildman–Crippen MR) is 228 cm³/mol. The second-order valence-electron chi connectivity index (χ2n) is 14.4. The molecule has 0 aliphatic rings. The molecule has 0 saturated carbocycles. The van der Waals surface area contributed by atoms with Crippen LogP contribution in [-0.2, 0) is 19.1 Å². The molecule has 4 atom stereocenters. The van der Waals surface area contributed by atoms with Crippen molar-refractivity contribution in [2.75, 3.05) is 14.2 Å². The molecule has 0 aliphatic heterocycles. The number of aliphatic hydroxyl groups excluding tert-OH is 1. The lowest BCUT2D eigenvalue weighted by molar-refractivity contribution is -0.148. The summed E-state index contributed by atoms with van der Waals surface area (Å²) in [6.07, 6.45) is 8.46. The van der Waals surface area contributed by atoms with Crippen LogP contribution >= 0.6 is 0 Å². The molecule has 0 spiro atoms. The first-order valence-electron chi connectivity index (χ1n) is 20.1. The molecule has 2 unspecified atom stereocenters. The lowest BCUT2D eigenvalue weighted by atomic mass is 10.1. The zero-order valence-electron chi connectivity index (χ0n) is 35.9. The highest BCUT2D eigenvalue weighted by atomic mass is 19.1. The number of oxazole rings is 1. The molecule has 5 aromatic heterocycles. The molecule has 0 saturated heterocycles. The van der Waals surface area contributed by atoms with Crippen LogP contribution < -0.4 is 16.0 Å². The highest BCUT2D eigenvalue weighted by Gasteiger charge is 2.31. The molecular formula is C44H44F2N10O9. The zero-order valence-corrected chi connectivity index (χ0v) is 35.9. The van der Waals surface area contributed by atoms with Gasteiger partial charge >= 0.3 is 11.9 Å². The van der Waals surface area contributed by atoms with Crippen molar-refractivity contribution < 1.29 is 51.8 Å². The number of aromatic nitrogens is 7. The molecule has 4 N–H and O–H groups in total. The fraction of sp³-hybridized carbons (Fsp3) is 0.273. The lowest BCUT2D eigenvalue weighted by Crippen LogP contribution is -2.54. The number of halogens is 2. The second-order valence-corrected chi connectivity index (χ2v) is 14.4. The van der Waals surface area contributed by atoms with E-state index in [1.807, 2.05) is 6.92 Å². The minimum atomic E-state index is -1.27. The predicted octanol–water partition coefficient (Wildman–Crippen LogP) is 4.63. The largest absolute Gasteiger partial charge is 0.467 e. The van der Waals surface area contributed by atoms with Gasteiger partial charge in [-0.2, -0.15) is 10.2 Å². The summed E-state index contributed by atoms with van der Waals surface area (Å²) in [5.74, 6) is -3.26. The number of esters is 2. The number of rotatable bonds is 14. The van der Waals surface area contributed by atoms with Crippen molar-refractivity contribution in [3.63, 3.8) is 0 Å². The van der Waals surface area contributed by atoms with Crippen LogP contribution in [0.15, 0.2) is 90.1 Å². The van der Waals surface area contributed by atoms with E-state index in [4.69, 9.17) is 9.15 Å².